The van der Waals surface area contributed by atoms with Crippen LogP contribution in [0, 0.1) is 6.92 Å². The Kier molecular flexibility index (Phi) is 18.8. The molecule has 11 heteroatoms. The summed E-state index contributed by atoms with van der Waals surface area (Å²) in [5.41, 5.74) is 2.37. The van der Waals surface area contributed by atoms with E-state index >= 15 is 0 Å². The monoisotopic (exact) mass is 615 g/mol. The number of aryl methyl sites for hydroxylation is 1. The summed E-state index contributed by atoms with van der Waals surface area (Å²) in [6, 6.07) is 7.64. The molecule has 1 aromatic heterocycles. The van der Waals surface area contributed by atoms with Crippen LogP contribution in [0.15, 0.2) is 30.5 Å². The molecule has 2 aliphatic heterocycles. The zero-order chi connectivity index (χ0) is 32.9. The van der Waals surface area contributed by atoms with Gasteiger partial charge in [-0.05, 0) is 44.2 Å². The van der Waals surface area contributed by atoms with E-state index in [0.29, 0.717) is 25.2 Å². The minimum absolute atomic E-state index is 0.154. The molecule has 3 heterocycles. The summed E-state index contributed by atoms with van der Waals surface area (Å²) in [6.07, 6.45) is 10.5. The van der Waals surface area contributed by atoms with Crippen molar-refractivity contribution in [2.24, 2.45) is 0 Å². The number of Topliss-reactive ketones (excluding diaryl/α,β-unsaturated/α-hetero) is 1. The minimum Gasteiger partial charge on any atom is -0.417 e. The molecule has 0 aliphatic carbocycles. The number of benzene rings is 1. The zero-order valence-corrected chi connectivity index (χ0v) is 27.5. The van der Waals surface area contributed by atoms with Crippen LogP contribution in [0.3, 0.4) is 0 Å². The first-order valence-corrected chi connectivity index (χ1v) is 15.9. The van der Waals surface area contributed by atoms with E-state index in [-0.39, 0.29) is 31.4 Å². The fourth-order valence-corrected chi connectivity index (χ4v) is 4.58. The second kappa shape index (κ2) is 21.7. The number of carbonyl (C=O) groups excluding carboxylic acids is 5. The van der Waals surface area contributed by atoms with Gasteiger partial charge in [-0.25, -0.2) is 0 Å². The van der Waals surface area contributed by atoms with Gasteiger partial charge in [0.25, 0.3) is 0 Å². The van der Waals surface area contributed by atoms with E-state index in [0.717, 1.165) is 31.2 Å². The second-order valence-electron chi connectivity index (χ2n) is 10.8. The van der Waals surface area contributed by atoms with Crippen molar-refractivity contribution in [3.05, 3.63) is 36.0 Å². The van der Waals surface area contributed by atoms with Gasteiger partial charge >= 0.3 is 0 Å². The molecular weight excluding hydrogens is 562 g/mol. The zero-order valence-electron chi connectivity index (χ0n) is 27.5. The van der Waals surface area contributed by atoms with E-state index in [1.54, 1.807) is 11.8 Å². The minimum atomic E-state index is -0.555. The van der Waals surface area contributed by atoms with E-state index in [1.165, 1.54) is 35.1 Å². The summed E-state index contributed by atoms with van der Waals surface area (Å²) in [6.45, 7) is 10.4. The number of hydrogen-bond acceptors (Lipinski definition) is 6. The summed E-state index contributed by atoms with van der Waals surface area (Å²) >= 11 is 0. The number of carbonyl (C=O) groups is 5. The molecule has 4 amide bonds. The van der Waals surface area contributed by atoms with Crippen LogP contribution in [0.25, 0.3) is 10.9 Å². The van der Waals surface area contributed by atoms with Gasteiger partial charge in [-0.15, -0.1) is 0 Å². The van der Waals surface area contributed by atoms with Crippen LogP contribution in [0.1, 0.15) is 91.0 Å². The molecule has 1 unspecified atom stereocenters. The van der Waals surface area contributed by atoms with E-state index in [4.69, 9.17) is 4.84 Å². The number of unbranched alkanes of at least 4 members (excludes halogenated alkanes) is 2. The van der Waals surface area contributed by atoms with Crippen LogP contribution >= 0.6 is 0 Å². The number of aromatic nitrogens is 1. The molecule has 0 radical (unpaired) electrons. The van der Waals surface area contributed by atoms with Crippen molar-refractivity contribution in [2.75, 3.05) is 33.3 Å². The lowest BCUT2D eigenvalue weighted by atomic mass is 10.0. The summed E-state index contributed by atoms with van der Waals surface area (Å²) in [7, 11) is 1.67. The normalized spacial score (nSPS) is 16.9. The maximum Gasteiger partial charge on any atom is 0.243 e. The molecule has 0 bridgehead atoms. The molecule has 3 N–H and O–H groups in total. The Balaban J connectivity index is 0.000000343. The number of ketones is 1. The van der Waals surface area contributed by atoms with Crippen LogP contribution in [0.2, 0.25) is 0 Å². The summed E-state index contributed by atoms with van der Waals surface area (Å²) in [4.78, 5) is 64.3. The van der Waals surface area contributed by atoms with Gasteiger partial charge in [0.1, 0.15) is 18.9 Å². The highest BCUT2D eigenvalue weighted by Gasteiger charge is 2.32. The van der Waals surface area contributed by atoms with Crippen molar-refractivity contribution in [3.63, 3.8) is 0 Å². The lowest BCUT2D eigenvalue weighted by Crippen LogP contribution is -2.56. The molecule has 2 aromatic rings. The quantitative estimate of drug-likeness (QED) is 0.424. The predicted molar refractivity (Wildman–Crippen MR) is 173 cm³/mol. The topological polar surface area (TPSA) is 139 Å². The Morgan fingerprint density at radius 1 is 0.909 bits per heavy atom. The van der Waals surface area contributed by atoms with Crippen LogP contribution in [-0.4, -0.2) is 78.4 Å². The van der Waals surface area contributed by atoms with Crippen LogP contribution in [0.4, 0.5) is 0 Å². The molecule has 246 valence electrons. The molecule has 0 spiro atoms. The third-order valence-corrected chi connectivity index (χ3v) is 6.96. The third kappa shape index (κ3) is 13.6. The fraction of sp³-hybridized carbons (Fsp3) is 0.606. The van der Waals surface area contributed by atoms with Crippen molar-refractivity contribution in [1.29, 1.82) is 0 Å². The van der Waals surface area contributed by atoms with Gasteiger partial charge < -0.3 is 25.7 Å². The second-order valence-corrected chi connectivity index (χ2v) is 10.8. The molecular formula is C33H53N5O6. The number of para-hydroxylation sites is 1. The van der Waals surface area contributed by atoms with E-state index in [2.05, 4.69) is 49.7 Å². The van der Waals surface area contributed by atoms with Crippen molar-refractivity contribution in [3.8, 4) is 0 Å². The van der Waals surface area contributed by atoms with Crippen LogP contribution in [-0.2, 0) is 24.0 Å². The molecule has 11 nitrogen and oxygen atoms in total. The number of nitrogens with zero attached hydrogens (tertiary/aromatic N) is 2. The summed E-state index contributed by atoms with van der Waals surface area (Å²) in [5, 5.41) is 8.57. The summed E-state index contributed by atoms with van der Waals surface area (Å²) < 4.78 is 1.78. The Bertz CT molecular complexity index is 1150. The Morgan fingerprint density at radius 2 is 1.55 bits per heavy atom. The Labute approximate surface area is 262 Å². The van der Waals surface area contributed by atoms with Gasteiger partial charge in [0.2, 0.25) is 23.6 Å². The Morgan fingerprint density at radius 3 is 2.18 bits per heavy atom. The molecule has 1 aromatic carbocycles. The first kappa shape index (κ1) is 38.1. The predicted octanol–water partition coefficient (Wildman–Crippen LogP) is 3.70. The lowest BCUT2D eigenvalue weighted by molar-refractivity contribution is -0.143. The molecule has 0 saturated carbocycles. The SMILES string of the molecule is CCC.CCCCCC(=O)CC.COn1cc(C)c2ccccc21.O=C1CNC(=O)CNC(=O)C2CCCCN2C(=O)CN1. The first-order valence-electron chi connectivity index (χ1n) is 15.9. The summed E-state index contributed by atoms with van der Waals surface area (Å²) in [5.74, 6) is -1.04. The number of nitrogens with one attached hydrogen (secondary N) is 3. The van der Waals surface area contributed by atoms with Gasteiger partial charge in [-0.2, -0.15) is 4.73 Å². The molecule has 44 heavy (non-hydrogen) atoms. The Hall–Kier alpha value is -3.89. The number of rotatable bonds is 6. The van der Waals surface area contributed by atoms with Gasteiger partial charge in [-0.3, -0.25) is 24.0 Å². The maximum absolute atomic E-state index is 12.1. The van der Waals surface area contributed by atoms with Gasteiger partial charge in [-0.1, -0.05) is 65.2 Å². The number of amides is 4. The standard InChI is InChI=1S/C12H18N4O4.C10H11NO.C8H16O.C3H8/c17-9-5-13-10(18)6-15-12(20)8-3-1-2-4-16(8)11(19)7-14-9;1-8-7-11(12-2)10-6-4-3-5-9(8)10;1-3-5-6-7-8(9)4-2;1-3-2/h8H,1-7H2,(H,13,18)(H,14,17)(H,15,20);3-7H,1-2H3;3-7H2,1-2H3;3H2,1-2H3. The number of fused-ring (bicyclic) bond motifs is 2. The van der Waals surface area contributed by atoms with Gasteiger partial charge in [0.15, 0.2) is 0 Å². The number of piperidine rings is 1. The van der Waals surface area contributed by atoms with Crippen LogP contribution in [0.5, 0.6) is 0 Å². The highest BCUT2D eigenvalue weighted by molar-refractivity contribution is 5.94. The van der Waals surface area contributed by atoms with Crippen molar-refractivity contribution < 1.29 is 28.8 Å². The highest BCUT2D eigenvalue weighted by atomic mass is 16.6. The molecule has 1 atom stereocenters. The molecule has 2 fully saturated rings. The average molecular weight is 616 g/mol. The molecule has 2 saturated heterocycles. The largest absolute Gasteiger partial charge is 0.417 e. The van der Waals surface area contributed by atoms with E-state index in [9.17, 15) is 24.0 Å². The van der Waals surface area contributed by atoms with Crippen LogP contribution < -0.4 is 20.8 Å². The first-order chi connectivity index (χ1) is 21.1. The number of hydrogen-bond donors (Lipinski definition) is 3. The third-order valence-electron chi connectivity index (χ3n) is 6.96. The van der Waals surface area contributed by atoms with Crippen molar-refractivity contribution in [1.82, 2.24) is 25.6 Å². The lowest BCUT2D eigenvalue weighted by Gasteiger charge is -2.35. The molecule has 2 aliphatic rings. The smallest absolute Gasteiger partial charge is 0.243 e. The van der Waals surface area contributed by atoms with Gasteiger partial charge in [0.05, 0.1) is 25.2 Å². The fourth-order valence-electron chi connectivity index (χ4n) is 4.58. The molecule has 4 rings (SSSR count). The van der Waals surface area contributed by atoms with Gasteiger partial charge in [0, 0.05) is 31.0 Å². The van der Waals surface area contributed by atoms with Crippen molar-refractivity contribution >= 4 is 40.3 Å². The highest BCUT2D eigenvalue weighted by Crippen LogP contribution is 2.19. The van der Waals surface area contributed by atoms with E-state index < -0.39 is 17.9 Å². The maximum atomic E-state index is 12.1. The van der Waals surface area contributed by atoms with E-state index in [1.807, 2.05) is 31.3 Å². The average Bonchev–Trinajstić information content (AvgIpc) is 3.37. The van der Waals surface area contributed by atoms with Crippen molar-refractivity contribution in [2.45, 2.75) is 98.4 Å².